The molecule has 1 aromatic heterocycles. The van der Waals surface area contributed by atoms with Crippen LogP contribution in [0.25, 0.3) is 0 Å². The number of aromatic nitrogens is 3. The normalized spacial score (nSPS) is 13.0. The van der Waals surface area contributed by atoms with E-state index in [0.717, 1.165) is 23.0 Å². The minimum atomic E-state index is -0.211. The van der Waals surface area contributed by atoms with Crippen LogP contribution in [-0.4, -0.2) is 45.5 Å². The van der Waals surface area contributed by atoms with E-state index in [1.165, 1.54) is 4.68 Å². The number of carbonyl (C=O) groups excluding carboxylic acids is 1. The second-order valence-corrected chi connectivity index (χ2v) is 7.49. The van der Waals surface area contributed by atoms with Crippen LogP contribution in [-0.2, 0) is 4.79 Å². The lowest BCUT2D eigenvalue weighted by Gasteiger charge is -2.18. The molecule has 0 atom stereocenters. The molecule has 0 unspecified atom stereocenters. The summed E-state index contributed by atoms with van der Waals surface area (Å²) < 4.78 is 12.3. The van der Waals surface area contributed by atoms with Crippen LogP contribution in [0.1, 0.15) is 12.5 Å². The van der Waals surface area contributed by atoms with Gasteiger partial charge in [-0.25, -0.2) is 10.1 Å². The second kappa shape index (κ2) is 9.39. The smallest absolute Gasteiger partial charge is 0.264 e. The van der Waals surface area contributed by atoms with E-state index in [1.807, 2.05) is 37.3 Å². The molecule has 2 aromatic carbocycles. The molecule has 0 aliphatic carbocycles. The Morgan fingerprint density at radius 2 is 1.94 bits per heavy atom. The zero-order valence-corrected chi connectivity index (χ0v) is 17.6. The van der Waals surface area contributed by atoms with E-state index in [4.69, 9.17) is 15.3 Å². The van der Waals surface area contributed by atoms with Crippen LogP contribution in [0.3, 0.4) is 0 Å². The molecular weight excluding hydrogens is 418 g/mol. The molecule has 160 valence electrons. The number of hydrogen-bond donors (Lipinski definition) is 3. The second-order valence-electron chi connectivity index (χ2n) is 6.55. The van der Waals surface area contributed by atoms with Gasteiger partial charge in [0, 0.05) is 11.8 Å². The van der Waals surface area contributed by atoms with E-state index >= 15 is 0 Å². The van der Waals surface area contributed by atoms with Gasteiger partial charge in [0.15, 0.2) is 11.5 Å². The number of hydrazone groups is 1. The number of rotatable bonds is 7. The number of nitrogen functional groups attached to an aromatic ring is 1. The van der Waals surface area contributed by atoms with Gasteiger partial charge in [-0.05, 0) is 24.6 Å². The Labute approximate surface area is 182 Å². The van der Waals surface area contributed by atoms with Crippen molar-refractivity contribution in [1.29, 1.82) is 0 Å². The van der Waals surface area contributed by atoms with Gasteiger partial charge in [-0.2, -0.15) is 5.10 Å². The number of nitrogens with zero attached hydrogens (tertiary/aromatic N) is 4. The van der Waals surface area contributed by atoms with Crippen molar-refractivity contribution in [3.8, 4) is 11.5 Å². The Balaban J connectivity index is 1.32. The summed E-state index contributed by atoms with van der Waals surface area (Å²) in [6.07, 6.45) is 0. The topological polar surface area (TPSA) is 129 Å². The first-order valence-corrected chi connectivity index (χ1v) is 10.5. The summed E-state index contributed by atoms with van der Waals surface area (Å²) in [5, 5.41) is 15.5. The molecule has 2 heterocycles. The van der Waals surface area contributed by atoms with E-state index in [1.54, 1.807) is 18.2 Å². The highest BCUT2D eigenvalue weighted by Crippen LogP contribution is 2.32. The average molecular weight is 440 g/mol. The van der Waals surface area contributed by atoms with E-state index in [-0.39, 0.29) is 17.6 Å². The Hall–Kier alpha value is -3.73. The number of hydrogen-bond acceptors (Lipinski definition) is 9. The third kappa shape index (κ3) is 5.07. The first-order chi connectivity index (χ1) is 15.1. The molecule has 1 amide bonds. The van der Waals surface area contributed by atoms with Crippen LogP contribution in [0.2, 0.25) is 0 Å². The number of ether oxygens (including phenoxy) is 2. The molecule has 11 heteroatoms. The largest absolute Gasteiger partial charge is 0.486 e. The van der Waals surface area contributed by atoms with Gasteiger partial charge in [-0.15, -0.1) is 10.2 Å². The van der Waals surface area contributed by atoms with Gasteiger partial charge in [0.05, 0.1) is 11.5 Å². The van der Waals surface area contributed by atoms with Crippen LogP contribution in [0.15, 0.2) is 58.8 Å². The SMILES string of the molecule is C/C(=N\Nc1nnc(SCC(=O)Nc2ccc3c(c2)OCCO3)n1N)c1ccccc1. The quantitative estimate of drug-likeness (QED) is 0.221. The van der Waals surface area contributed by atoms with Gasteiger partial charge in [-0.3, -0.25) is 4.79 Å². The zero-order chi connectivity index (χ0) is 21.6. The number of nitrogens with two attached hydrogens (primary N) is 1. The van der Waals surface area contributed by atoms with Crippen molar-refractivity contribution in [2.24, 2.45) is 5.10 Å². The summed E-state index contributed by atoms with van der Waals surface area (Å²) in [6, 6.07) is 15.0. The number of amides is 1. The van der Waals surface area contributed by atoms with Crippen LogP contribution in [0.4, 0.5) is 11.6 Å². The molecule has 4 N–H and O–H groups in total. The van der Waals surface area contributed by atoms with Crippen molar-refractivity contribution < 1.29 is 14.3 Å². The molecule has 0 saturated carbocycles. The molecular formula is C20H21N7O3S. The summed E-state index contributed by atoms with van der Waals surface area (Å²) in [5.41, 5.74) is 5.17. The highest BCUT2D eigenvalue weighted by atomic mass is 32.2. The van der Waals surface area contributed by atoms with Gasteiger partial charge < -0.3 is 20.6 Å². The fraction of sp³-hybridized carbons (Fsp3) is 0.200. The Kier molecular flexibility index (Phi) is 6.22. The minimum Gasteiger partial charge on any atom is -0.486 e. The average Bonchev–Trinajstić information content (AvgIpc) is 3.16. The maximum absolute atomic E-state index is 12.3. The van der Waals surface area contributed by atoms with Crippen molar-refractivity contribution in [3.05, 3.63) is 54.1 Å². The Bertz CT molecular complexity index is 1100. The molecule has 3 aromatic rings. The first kappa shape index (κ1) is 20.5. The predicted octanol–water partition coefficient (Wildman–Crippen LogP) is 2.33. The van der Waals surface area contributed by atoms with Gasteiger partial charge in [0.1, 0.15) is 13.2 Å². The molecule has 0 fully saturated rings. The molecule has 0 radical (unpaired) electrons. The summed E-state index contributed by atoms with van der Waals surface area (Å²) in [6.45, 7) is 2.87. The van der Waals surface area contributed by atoms with E-state index in [2.05, 4.69) is 26.0 Å². The van der Waals surface area contributed by atoms with Gasteiger partial charge in [-0.1, -0.05) is 42.1 Å². The highest BCUT2D eigenvalue weighted by molar-refractivity contribution is 7.99. The molecule has 0 bridgehead atoms. The third-order valence-electron chi connectivity index (χ3n) is 4.34. The molecule has 4 rings (SSSR count). The number of carbonyl (C=O) groups is 1. The van der Waals surface area contributed by atoms with E-state index < -0.39 is 0 Å². The van der Waals surface area contributed by atoms with Crippen molar-refractivity contribution in [2.75, 3.05) is 35.6 Å². The molecule has 0 spiro atoms. The summed E-state index contributed by atoms with van der Waals surface area (Å²) >= 11 is 1.16. The van der Waals surface area contributed by atoms with Gasteiger partial charge in [0.25, 0.3) is 5.95 Å². The number of anilines is 2. The summed E-state index contributed by atoms with van der Waals surface area (Å²) in [4.78, 5) is 12.3. The summed E-state index contributed by atoms with van der Waals surface area (Å²) in [5.74, 6) is 7.46. The Morgan fingerprint density at radius 3 is 2.74 bits per heavy atom. The maximum Gasteiger partial charge on any atom is 0.264 e. The number of nitrogens with one attached hydrogen (secondary N) is 2. The summed E-state index contributed by atoms with van der Waals surface area (Å²) in [7, 11) is 0. The number of thioether (sulfide) groups is 1. The number of benzene rings is 2. The Morgan fingerprint density at radius 1 is 1.16 bits per heavy atom. The van der Waals surface area contributed by atoms with Crippen molar-refractivity contribution in [1.82, 2.24) is 14.9 Å². The van der Waals surface area contributed by atoms with Crippen LogP contribution in [0, 0.1) is 0 Å². The van der Waals surface area contributed by atoms with Crippen molar-refractivity contribution >= 4 is 35.0 Å². The van der Waals surface area contributed by atoms with Crippen LogP contribution < -0.4 is 26.1 Å². The van der Waals surface area contributed by atoms with Crippen LogP contribution in [0.5, 0.6) is 11.5 Å². The monoisotopic (exact) mass is 439 g/mol. The lowest BCUT2D eigenvalue weighted by molar-refractivity contribution is -0.113. The number of fused-ring (bicyclic) bond motifs is 1. The van der Waals surface area contributed by atoms with E-state index in [9.17, 15) is 4.79 Å². The van der Waals surface area contributed by atoms with Gasteiger partial charge in [0.2, 0.25) is 11.1 Å². The standard InChI is InChI=1S/C20H21N7O3S/c1-13(14-5-3-2-4-6-14)23-24-19-25-26-20(27(19)21)31-12-18(28)22-15-7-8-16-17(11-15)30-10-9-29-16/h2-8,11H,9-10,12,21H2,1H3,(H,22,28)(H,24,25)/b23-13+. The molecule has 1 aliphatic heterocycles. The van der Waals surface area contributed by atoms with Gasteiger partial charge >= 0.3 is 0 Å². The fourth-order valence-corrected chi connectivity index (χ4v) is 3.43. The minimum absolute atomic E-state index is 0.107. The van der Waals surface area contributed by atoms with E-state index in [0.29, 0.717) is 35.6 Å². The molecule has 10 nitrogen and oxygen atoms in total. The lowest BCUT2D eigenvalue weighted by Crippen LogP contribution is -2.18. The maximum atomic E-state index is 12.3. The first-order valence-electron chi connectivity index (χ1n) is 9.48. The van der Waals surface area contributed by atoms with Crippen LogP contribution >= 0.6 is 11.8 Å². The third-order valence-corrected chi connectivity index (χ3v) is 5.28. The zero-order valence-electron chi connectivity index (χ0n) is 16.7. The molecule has 31 heavy (non-hydrogen) atoms. The molecule has 0 saturated heterocycles. The lowest BCUT2D eigenvalue weighted by atomic mass is 10.1. The van der Waals surface area contributed by atoms with Crippen molar-refractivity contribution in [2.45, 2.75) is 12.1 Å². The highest BCUT2D eigenvalue weighted by Gasteiger charge is 2.15. The molecule has 1 aliphatic rings. The van der Waals surface area contributed by atoms with Crippen molar-refractivity contribution in [3.63, 3.8) is 0 Å². The predicted molar refractivity (Wildman–Crippen MR) is 119 cm³/mol. The fourth-order valence-electron chi connectivity index (χ4n) is 2.78.